The first-order valence-electron chi connectivity index (χ1n) is 9.56. The minimum Gasteiger partial charge on any atom is -0.342 e. The molecule has 2 N–H and O–H groups in total. The van der Waals surface area contributed by atoms with E-state index in [0.717, 1.165) is 0 Å². The van der Waals surface area contributed by atoms with Crippen LogP contribution >= 0.6 is 23.4 Å². The highest BCUT2D eigenvalue weighted by atomic mass is 35.5. The number of allylic oxidation sites excluding steroid dienone is 1. The highest BCUT2D eigenvalue weighted by Crippen LogP contribution is 2.22. The molecule has 0 unspecified atom stereocenters. The van der Waals surface area contributed by atoms with E-state index in [1.165, 1.54) is 11.8 Å². The Hall–Kier alpha value is -3.10. The molecular weight excluding hydrogens is 434 g/mol. The fourth-order valence-corrected chi connectivity index (χ4v) is 3.80. The third-order valence-electron chi connectivity index (χ3n) is 4.27. The third-order valence-corrected chi connectivity index (χ3v) is 5.47. The smallest absolute Gasteiger partial charge is 0.251 e. The van der Waals surface area contributed by atoms with Crippen molar-refractivity contribution in [3.8, 4) is 0 Å². The zero-order chi connectivity index (χ0) is 22.2. The van der Waals surface area contributed by atoms with Crippen molar-refractivity contribution < 1.29 is 9.59 Å². The molecule has 0 radical (unpaired) electrons. The van der Waals surface area contributed by atoms with E-state index in [2.05, 4.69) is 27.4 Å². The molecule has 1 heterocycles. The van der Waals surface area contributed by atoms with E-state index in [9.17, 15) is 9.59 Å². The summed E-state index contributed by atoms with van der Waals surface area (Å²) in [5.41, 5.74) is 1.19. The summed E-state index contributed by atoms with van der Waals surface area (Å²) >= 11 is 7.20. The van der Waals surface area contributed by atoms with E-state index in [4.69, 9.17) is 11.6 Å². The topological polar surface area (TPSA) is 88.9 Å². The standard InChI is InChI=1S/C22H22ClN5O2S/c1-3-12-28-20(15(2)24-21(30)16-8-5-4-6-9-16)26-27-22(28)31-14-19(29)25-18-11-7-10-17(23)13-18/h3-11,13,15H,1,12,14H2,2H3,(H,24,30)(H,25,29)/t15-/m1/s1. The van der Waals surface area contributed by atoms with Crippen molar-refractivity contribution in [3.05, 3.63) is 83.7 Å². The molecule has 0 fully saturated rings. The molecule has 160 valence electrons. The van der Waals surface area contributed by atoms with E-state index in [1.54, 1.807) is 42.5 Å². The van der Waals surface area contributed by atoms with Gasteiger partial charge in [-0.25, -0.2) is 0 Å². The van der Waals surface area contributed by atoms with Crippen LogP contribution in [0.4, 0.5) is 5.69 Å². The van der Waals surface area contributed by atoms with Crippen molar-refractivity contribution in [2.75, 3.05) is 11.1 Å². The van der Waals surface area contributed by atoms with Crippen LogP contribution in [-0.2, 0) is 11.3 Å². The number of hydrogen-bond donors (Lipinski definition) is 2. The normalized spacial score (nSPS) is 11.5. The highest BCUT2D eigenvalue weighted by Gasteiger charge is 2.20. The second-order valence-electron chi connectivity index (χ2n) is 6.65. The van der Waals surface area contributed by atoms with Crippen molar-refractivity contribution >= 4 is 40.9 Å². The number of anilines is 1. The Morgan fingerprint density at radius 1 is 1.19 bits per heavy atom. The number of nitrogens with zero attached hydrogens (tertiary/aromatic N) is 3. The number of aromatic nitrogens is 3. The van der Waals surface area contributed by atoms with Crippen molar-refractivity contribution in [2.45, 2.75) is 24.7 Å². The van der Waals surface area contributed by atoms with Crippen molar-refractivity contribution in [3.63, 3.8) is 0 Å². The molecule has 0 aliphatic heterocycles. The Morgan fingerprint density at radius 2 is 1.97 bits per heavy atom. The highest BCUT2D eigenvalue weighted by molar-refractivity contribution is 7.99. The molecule has 0 spiro atoms. The summed E-state index contributed by atoms with van der Waals surface area (Å²) in [4.78, 5) is 24.8. The van der Waals surface area contributed by atoms with Gasteiger partial charge in [0.25, 0.3) is 5.91 Å². The molecule has 1 aromatic heterocycles. The SMILES string of the molecule is C=CCn1c(SCC(=O)Nc2cccc(Cl)c2)nnc1[C@@H](C)NC(=O)c1ccccc1. The molecule has 9 heteroatoms. The van der Waals surface area contributed by atoms with Gasteiger partial charge >= 0.3 is 0 Å². The van der Waals surface area contributed by atoms with E-state index >= 15 is 0 Å². The summed E-state index contributed by atoms with van der Waals surface area (Å²) < 4.78 is 1.83. The van der Waals surface area contributed by atoms with E-state index in [-0.39, 0.29) is 23.6 Å². The van der Waals surface area contributed by atoms with Crippen LogP contribution in [0, 0.1) is 0 Å². The van der Waals surface area contributed by atoms with Gasteiger partial charge in [-0.05, 0) is 37.3 Å². The van der Waals surface area contributed by atoms with Gasteiger partial charge in [0, 0.05) is 22.8 Å². The number of benzene rings is 2. The van der Waals surface area contributed by atoms with Crippen LogP contribution in [0.5, 0.6) is 0 Å². The number of rotatable bonds is 9. The lowest BCUT2D eigenvalue weighted by molar-refractivity contribution is -0.113. The second kappa shape index (κ2) is 10.8. The predicted molar refractivity (Wildman–Crippen MR) is 123 cm³/mol. The second-order valence-corrected chi connectivity index (χ2v) is 8.03. The molecule has 2 aromatic carbocycles. The number of carbonyl (C=O) groups excluding carboxylic acids is 2. The third kappa shape index (κ3) is 6.19. The molecular formula is C22H22ClN5O2S. The molecule has 0 bridgehead atoms. The molecule has 1 atom stereocenters. The zero-order valence-electron chi connectivity index (χ0n) is 16.9. The van der Waals surface area contributed by atoms with Crippen LogP contribution < -0.4 is 10.6 Å². The first kappa shape index (κ1) is 22.6. The summed E-state index contributed by atoms with van der Waals surface area (Å²) in [5, 5.41) is 15.3. The van der Waals surface area contributed by atoms with Crippen LogP contribution in [0.25, 0.3) is 0 Å². The lowest BCUT2D eigenvalue weighted by Crippen LogP contribution is -2.28. The van der Waals surface area contributed by atoms with Crippen molar-refractivity contribution in [1.82, 2.24) is 20.1 Å². The van der Waals surface area contributed by atoms with E-state index in [1.807, 2.05) is 29.7 Å². The average Bonchev–Trinajstić information content (AvgIpc) is 3.16. The van der Waals surface area contributed by atoms with Gasteiger partial charge in [-0.15, -0.1) is 16.8 Å². The van der Waals surface area contributed by atoms with Gasteiger partial charge in [0.15, 0.2) is 11.0 Å². The minimum atomic E-state index is -0.380. The summed E-state index contributed by atoms with van der Waals surface area (Å²) in [7, 11) is 0. The molecule has 7 nitrogen and oxygen atoms in total. The maximum atomic E-state index is 12.5. The minimum absolute atomic E-state index is 0.145. The van der Waals surface area contributed by atoms with Gasteiger partial charge in [0.05, 0.1) is 11.8 Å². The number of carbonyl (C=O) groups is 2. The molecule has 3 rings (SSSR count). The number of thioether (sulfide) groups is 1. The Labute approximate surface area is 189 Å². The Morgan fingerprint density at radius 3 is 2.68 bits per heavy atom. The van der Waals surface area contributed by atoms with Crippen LogP contribution in [0.1, 0.15) is 29.1 Å². The average molecular weight is 456 g/mol. The van der Waals surface area contributed by atoms with Gasteiger partial charge in [0.2, 0.25) is 5.91 Å². The number of hydrogen-bond acceptors (Lipinski definition) is 5. The number of halogens is 1. The van der Waals surface area contributed by atoms with Gasteiger partial charge in [-0.2, -0.15) is 0 Å². The number of amides is 2. The molecule has 0 aliphatic carbocycles. The predicted octanol–water partition coefficient (Wildman–Crippen LogP) is 4.34. The van der Waals surface area contributed by atoms with Crippen LogP contribution in [0.2, 0.25) is 5.02 Å². The molecule has 0 saturated heterocycles. The summed E-state index contributed by atoms with van der Waals surface area (Å²) in [6, 6.07) is 15.5. The van der Waals surface area contributed by atoms with E-state index in [0.29, 0.717) is 33.8 Å². The first-order valence-corrected chi connectivity index (χ1v) is 10.9. The maximum absolute atomic E-state index is 12.5. The molecule has 31 heavy (non-hydrogen) atoms. The lowest BCUT2D eigenvalue weighted by Gasteiger charge is -2.15. The van der Waals surface area contributed by atoms with Gasteiger partial charge < -0.3 is 15.2 Å². The van der Waals surface area contributed by atoms with Gasteiger partial charge in [0.1, 0.15) is 0 Å². The summed E-state index contributed by atoms with van der Waals surface area (Å²) in [6.07, 6.45) is 1.72. The Balaban J connectivity index is 1.66. The van der Waals surface area contributed by atoms with Crippen molar-refractivity contribution in [1.29, 1.82) is 0 Å². The monoisotopic (exact) mass is 455 g/mol. The number of nitrogens with one attached hydrogen (secondary N) is 2. The Kier molecular flexibility index (Phi) is 7.86. The van der Waals surface area contributed by atoms with Crippen LogP contribution in [0.15, 0.2) is 72.4 Å². The first-order chi connectivity index (χ1) is 15.0. The molecule has 0 saturated carbocycles. The summed E-state index contributed by atoms with van der Waals surface area (Å²) in [6.45, 7) is 6.07. The Bertz CT molecular complexity index is 1070. The quantitative estimate of drug-likeness (QED) is 0.370. The lowest BCUT2D eigenvalue weighted by atomic mass is 10.2. The largest absolute Gasteiger partial charge is 0.342 e. The molecule has 3 aromatic rings. The van der Waals surface area contributed by atoms with Gasteiger partial charge in [-0.3, -0.25) is 9.59 Å². The van der Waals surface area contributed by atoms with Crippen LogP contribution in [-0.4, -0.2) is 32.3 Å². The fourth-order valence-electron chi connectivity index (χ4n) is 2.86. The van der Waals surface area contributed by atoms with Crippen molar-refractivity contribution in [2.24, 2.45) is 0 Å². The molecule has 2 amide bonds. The maximum Gasteiger partial charge on any atom is 0.251 e. The van der Waals surface area contributed by atoms with Crippen LogP contribution in [0.3, 0.4) is 0 Å². The molecule has 0 aliphatic rings. The van der Waals surface area contributed by atoms with Gasteiger partial charge in [-0.1, -0.05) is 53.7 Å². The fraction of sp³-hybridized carbons (Fsp3) is 0.182. The zero-order valence-corrected chi connectivity index (χ0v) is 18.5. The summed E-state index contributed by atoms with van der Waals surface area (Å²) in [5.74, 6) is 0.345. The van der Waals surface area contributed by atoms with E-state index < -0.39 is 0 Å².